The number of anilines is 1. The van der Waals surface area contributed by atoms with Gasteiger partial charge in [0.15, 0.2) is 5.69 Å². The Kier molecular flexibility index (Phi) is 7.34. The fourth-order valence-electron chi connectivity index (χ4n) is 2.89. The molecule has 3 amide bonds. The summed E-state index contributed by atoms with van der Waals surface area (Å²) in [6, 6.07) is 14.8. The Morgan fingerprint density at radius 3 is 2.33 bits per heavy atom. The molecule has 0 unspecified atom stereocenters. The molecule has 11 heteroatoms. The quantitative estimate of drug-likeness (QED) is 0.434. The molecule has 5 N–H and O–H groups in total. The molecule has 0 saturated heterocycles. The van der Waals surface area contributed by atoms with Crippen LogP contribution in [0.5, 0.6) is 0 Å². The van der Waals surface area contributed by atoms with Crippen molar-refractivity contribution >= 4 is 17.8 Å². The van der Waals surface area contributed by atoms with Crippen molar-refractivity contribution in [2.24, 2.45) is 5.73 Å². The molecule has 1 heterocycles. The number of aromatic nitrogens is 2. The summed E-state index contributed by atoms with van der Waals surface area (Å²) in [5, 5.41) is 11.3. The van der Waals surface area contributed by atoms with E-state index in [2.05, 4.69) is 21.0 Å². The van der Waals surface area contributed by atoms with Crippen LogP contribution in [-0.4, -0.2) is 27.8 Å². The summed E-state index contributed by atoms with van der Waals surface area (Å²) in [7, 11) is 0. The standard InChI is InChI=1S/C22H23F3N6O2/c1-14(26)20(32)27-13-16-8-5-9-17(10-16)31-19(11-18(30-31)22(23,24)25)29-21(33)28-12-15-6-3-2-4-7-15/h2-11,14H,12-13,26H2,1H3,(H,27,32)(H2,28,29,33)/t14-/m0/s1. The number of nitrogens with two attached hydrogens (primary N) is 1. The summed E-state index contributed by atoms with van der Waals surface area (Å²) in [5.41, 5.74) is 6.08. The fourth-order valence-corrected chi connectivity index (χ4v) is 2.89. The first kappa shape index (κ1) is 23.8. The molecule has 8 nitrogen and oxygen atoms in total. The first-order valence-electron chi connectivity index (χ1n) is 10.0. The van der Waals surface area contributed by atoms with E-state index in [0.29, 0.717) is 5.56 Å². The molecular weight excluding hydrogens is 437 g/mol. The maximum absolute atomic E-state index is 13.3. The highest BCUT2D eigenvalue weighted by molar-refractivity contribution is 5.88. The van der Waals surface area contributed by atoms with Gasteiger partial charge in [-0.25, -0.2) is 9.48 Å². The zero-order valence-corrected chi connectivity index (χ0v) is 17.7. The van der Waals surface area contributed by atoms with Crippen LogP contribution in [0, 0.1) is 0 Å². The second-order valence-electron chi connectivity index (χ2n) is 7.29. The number of hydrogen-bond donors (Lipinski definition) is 4. The maximum atomic E-state index is 13.3. The van der Waals surface area contributed by atoms with Gasteiger partial charge < -0.3 is 16.4 Å². The number of hydrogen-bond acceptors (Lipinski definition) is 4. The molecule has 0 saturated carbocycles. The zero-order valence-electron chi connectivity index (χ0n) is 17.7. The van der Waals surface area contributed by atoms with Crippen LogP contribution in [0.1, 0.15) is 23.7 Å². The van der Waals surface area contributed by atoms with Crippen molar-refractivity contribution in [1.29, 1.82) is 0 Å². The molecule has 3 aromatic rings. The average Bonchev–Trinajstić information content (AvgIpc) is 3.21. The Morgan fingerprint density at radius 2 is 1.67 bits per heavy atom. The number of rotatable bonds is 7. The molecule has 0 bridgehead atoms. The molecule has 0 aliphatic rings. The summed E-state index contributed by atoms with van der Waals surface area (Å²) in [4.78, 5) is 24.0. The van der Waals surface area contributed by atoms with Gasteiger partial charge in [0.1, 0.15) is 5.82 Å². The van der Waals surface area contributed by atoms with Gasteiger partial charge in [-0.05, 0) is 30.2 Å². The van der Waals surface area contributed by atoms with Crippen molar-refractivity contribution in [3.05, 3.63) is 77.5 Å². The first-order valence-corrected chi connectivity index (χ1v) is 10.0. The lowest BCUT2D eigenvalue weighted by molar-refractivity contribution is -0.141. The molecular formula is C22H23F3N6O2. The predicted octanol–water partition coefficient (Wildman–Crippen LogP) is 3.18. The zero-order chi connectivity index (χ0) is 24.0. The van der Waals surface area contributed by atoms with E-state index >= 15 is 0 Å². The summed E-state index contributed by atoms with van der Waals surface area (Å²) in [6.45, 7) is 1.86. The van der Waals surface area contributed by atoms with Crippen molar-refractivity contribution < 1.29 is 22.8 Å². The molecule has 0 spiro atoms. The highest BCUT2D eigenvalue weighted by Crippen LogP contribution is 2.31. The van der Waals surface area contributed by atoms with Crippen LogP contribution in [0.25, 0.3) is 5.69 Å². The molecule has 3 rings (SSSR count). The van der Waals surface area contributed by atoms with Gasteiger partial charge in [-0.2, -0.15) is 18.3 Å². The average molecular weight is 460 g/mol. The lowest BCUT2D eigenvalue weighted by Gasteiger charge is -2.12. The van der Waals surface area contributed by atoms with Crippen molar-refractivity contribution in [2.75, 3.05) is 5.32 Å². The van der Waals surface area contributed by atoms with Crippen LogP contribution in [0.4, 0.5) is 23.8 Å². The van der Waals surface area contributed by atoms with E-state index in [4.69, 9.17) is 5.73 Å². The van der Waals surface area contributed by atoms with E-state index in [1.165, 1.54) is 13.0 Å². The normalized spacial score (nSPS) is 12.2. The van der Waals surface area contributed by atoms with Crippen molar-refractivity contribution in [1.82, 2.24) is 20.4 Å². The number of carbonyl (C=O) groups excluding carboxylic acids is 2. The van der Waals surface area contributed by atoms with Gasteiger partial charge in [0.25, 0.3) is 0 Å². The van der Waals surface area contributed by atoms with Gasteiger partial charge in [-0.1, -0.05) is 42.5 Å². The third kappa shape index (κ3) is 6.56. The van der Waals surface area contributed by atoms with Gasteiger partial charge in [-0.15, -0.1) is 0 Å². The lowest BCUT2D eigenvalue weighted by atomic mass is 10.2. The van der Waals surface area contributed by atoms with Crippen LogP contribution >= 0.6 is 0 Å². The highest BCUT2D eigenvalue weighted by atomic mass is 19.4. The number of nitrogens with one attached hydrogen (secondary N) is 3. The van der Waals surface area contributed by atoms with Gasteiger partial charge in [0, 0.05) is 19.2 Å². The predicted molar refractivity (Wildman–Crippen MR) is 116 cm³/mol. The van der Waals surface area contributed by atoms with E-state index in [1.807, 2.05) is 30.3 Å². The molecule has 0 aliphatic carbocycles. The van der Waals surface area contributed by atoms with E-state index in [-0.39, 0.29) is 30.5 Å². The third-order valence-corrected chi connectivity index (χ3v) is 4.57. The Bertz CT molecular complexity index is 1110. The number of urea groups is 1. The van der Waals surface area contributed by atoms with Gasteiger partial charge in [-0.3, -0.25) is 10.1 Å². The number of amides is 3. The molecule has 0 fully saturated rings. The summed E-state index contributed by atoms with van der Waals surface area (Å²) >= 11 is 0. The molecule has 1 atom stereocenters. The van der Waals surface area contributed by atoms with Crippen molar-refractivity contribution in [3.63, 3.8) is 0 Å². The number of benzene rings is 2. The molecule has 0 aliphatic heterocycles. The number of alkyl halides is 3. The molecule has 1 aromatic heterocycles. The largest absolute Gasteiger partial charge is 0.435 e. The second-order valence-corrected chi connectivity index (χ2v) is 7.29. The SMILES string of the molecule is C[C@H](N)C(=O)NCc1cccc(-n2nc(C(F)(F)F)cc2NC(=O)NCc2ccccc2)c1. The lowest BCUT2D eigenvalue weighted by Crippen LogP contribution is -2.37. The third-order valence-electron chi connectivity index (χ3n) is 4.57. The monoisotopic (exact) mass is 460 g/mol. The van der Waals surface area contributed by atoms with Gasteiger partial charge in [0.05, 0.1) is 11.7 Å². The van der Waals surface area contributed by atoms with Crippen LogP contribution < -0.4 is 21.7 Å². The number of carbonyl (C=O) groups is 2. The minimum atomic E-state index is -4.70. The summed E-state index contributed by atoms with van der Waals surface area (Å²) in [5.74, 6) is -0.527. The Labute approximate surface area is 188 Å². The Balaban J connectivity index is 1.81. The minimum Gasteiger partial charge on any atom is -0.351 e. The minimum absolute atomic E-state index is 0.127. The Hall–Kier alpha value is -3.86. The molecule has 0 radical (unpaired) electrons. The highest BCUT2D eigenvalue weighted by Gasteiger charge is 2.35. The van der Waals surface area contributed by atoms with Crippen LogP contribution in [0.3, 0.4) is 0 Å². The number of nitrogens with zero attached hydrogens (tertiary/aromatic N) is 2. The molecule has 2 aromatic carbocycles. The van der Waals surface area contributed by atoms with Gasteiger partial charge >= 0.3 is 12.2 Å². The smallest absolute Gasteiger partial charge is 0.351 e. The van der Waals surface area contributed by atoms with Crippen molar-refractivity contribution in [2.45, 2.75) is 32.2 Å². The number of halogens is 3. The second kappa shape index (κ2) is 10.2. The molecule has 174 valence electrons. The first-order chi connectivity index (χ1) is 15.6. The maximum Gasteiger partial charge on any atom is 0.435 e. The molecule has 33 heavy (non-hydrogen) atoms. The Morgan fingerprint density at radius 1 is 1.00 bits per heavy atom. The van der Waals surface area contributed by atoms with Gasteiger partial charge in [0.2, 0.25) is 5.91 Å². The topological polar surface area (TPSA) is 114 Å². The van der Waals surface area contributed by atoms with E-state index in [9.17, 15) is 22.8 Å². The van der Waals surface area contributed by atoms with E-state index in [1.54, 1.807) is 18.2 Å². The summed E-state index contributed by atoms with van der Waals surface area (Å²) < 4.78 is 40.9. The van der Waals surface area contributed by atoms with Crippen molar-refractivity contribution in [3.8, 4) is 5.69 Å². The van der Waals surface area contributed by atoms with Crippen LogP contribution in [0.2, 0.25) is 0 Å². The van der Waals surface area contributed by atoms with Crippen LogP contribution in [0.15, 0.2) is 60.7 Å². The summed E-state index contributed by atoms with van der Waals surface area (Å²) in [6.07, 6.45) is -4.70. The van der Waals surface area contributed by atoms with E-state index in [0.717, 1.165) is 16.3 Å². The fraction of sp³-hybridized carbons (Fsp3) is 0.227. The van der Waals surface area contributed by atoms with E-state index < -0.39 is 23.9 Å². The van der Waals surface area contributed by atoms with Crippen LogP contribution in [-0.2, 0) is 24.1 Å².